The van der Waals surface area contributed by atoms with Gasteiger partial charge in [-0.05, 0) is 97.4 Å². The predicted molar refractivity (Wildman–Crippen MR) is 189 cm³/mol. The van der Waals surface area contributed by atoms with Crippen LogP contribution in [0.5, 0.6) is 0 Å². The molecule has 0 saturated heterocycles. The Hall–Kier alpha value is -1.89. The van der Waals surface area contributed by atoms with Crippen LogP contribution in [0.1, 0.15) is 0 Å². The van der Waals surface area contributed by atoms with Gasteiger partial charge in [0.25, 0.3) is 0 Å². The van der Waals surface area contributed by atoms with E-state index in [1.165, 1.54) is 61.1 Å². The molecule has 7 rings (SSSR count). The van der Waals surface area contributed by atoms with Crippen LogP contribution in [0, 0.1) is 0 Å². The number of hydrogen-bond donors (Lipinski definition) is 0. The predicted octanol–water partition coefficient (Wildman–Crippen LogP) is 7.82. The van der Waals surface area contributed by atoms with Crippen molar-refractivity contribution in [2.24, 2.45) is 0 Å². The van der Waals surface area contributed by atoms with Gasteiger partial charge in [0.2, 0.25) is 33.3 Å². The molecule has 0 saturated carbocycles. The molecular formula is C32H36O2S2Si4. The molecular weight excluding hydrogens is 593 g/mol. The molecule has 40 heavy (non-hydrogen) atoms. The van der Waals surface area contributed by atoms with E-state index in [0.717, 1.165) is 0 Å². The van der Waals surface area contributed by atoms with E-state index in [-0.39, 0.29) is 0 Å². The average molecular weight is 629 g/mol. The van der Waals surface area contributed by atoms with Gasteiger partial charge in [-0.25, -0.2) is 0 Å². The summed E-state index contributed by atoms with van der Waals surface area (Å²) in [6, 6.07) is 28.4. The lowest BCUT2D eigenvalue weighted by atomic mass is 10.1. The summed E-state index contributed by atoms with van der Waals surface area (Å²) in [4.78, 5) is 0. The van der Waals surface area contributed by atoms with E-state index < -0.39 is 33.3 Å². The fraction of sp³-hybridized carbons (Fsp3) is 0.250. The minimum Gasteiger partial charge on any atom is -0.449 e. The van der Waals surface area contributed by atoms with Crippen molar-refractivity contribution in [3.8, 4) is 0 Å². The first-order valence-electron chi connectivity index (χ1n) is 14.1. The van der Waals surface area contributed by atoms with E-state index >= 15 is 0 Å². The zero-order chi connectivity index (χ0) is 28.2. The zero-order valence-corrected chi connectivity index (χ0v) is 30.2. The molecule has 0 amide bonds. The molecule has 0 radical (unpaired) electrons. The third-order valence-electron chi connectivity index (χ3n) is 8.74. The summed E-state index contributed by atoms with van der Waals surface area (Å²) in [5, 5.41) is 10.9. The van der Waals surface area contributed by atoms with Crippen molar-refractivity contribution in [2.75, 3.05) is 0 Å². The number of hydrogen-bond acceptors (Lipinski definition) is 4. The van der Waals surface area contributed by atoms with Gasteiger partial charge >= 0.3 is 0 Å². The monoisotopic (exact) mass is 628 g/mol. The van der Waals surface area contributed by atoms with E-state index in [2.05, 4.69) is 125 Å². The Labute approximate surface area is 249 Å². The fourth-order valence-corrected chi connectivity index (χ4v) is 24.7. The van der Waals surface area contributed by atoms with Gasteiger partial charge in [-0.15, -0.1) is 22.7 Å². The van der Waals surface area contributed by atoms with E-state index in [1.54, 1.807) is 0 Å². The Morgan fingerprint density at radius 2 is 0.600 bits per heavy atom. The summed E-state index contributed by atoms with van der Waals surface area (Å²) in [7, 11) is -8.76. The second-order valence-corrected chi connectivity index (χ2v) is 31.5. The summed E-state index contributed by atoms with van der Waals surface area (Å²) < 4.78 is 20.0. The highest BCUT2D eigenvalue weighted by Gasteiger charge is 2.38. The highest BCUT2D eigenvalue weighted by molar-refractivity contribution is 7.26. The lowest BCUT2D eigenvalue weighted by Gasteiger charge is -2.35. The molecule has 0 N–H and O–H groups in total. The van der Waals surface area contributed by atoms with Crippen LogP contribution in [-0.2, 0) is 8.23 Å². The summed E-state index contributed by atoms with van der Waals surface area (Å²) in [5.74, 6) is 0. The van der Waals surface area contributed by atoms with Crippen LogP contribution in [0.15, 0.2) is 72.8 Å². The van der Waals surface area contributed by atoms with Gasteiger partial charge in [-0.3, -0.25) is 0 Å². The standard InChI is InChI=1S/C32H36O2S2Si4/c1-37(2)21-9-13-29-25(17-21)26-19-23(11-15-30(26)35-29)39(5,6)34-40(7,8)24-12-16-32-28(20-24)27-18-22(38(3,4)33-37)10-14-31(27)36-32/h9-20H,1-8H3. The molecule has 3 heterocycles. The average Bonchev–Trinajstić information content (AvgIpc) is 3.43. The van der Waals surface area contributed by atoms with Crippen molar-refractivity contribution >= 4 is 117 Å². The molecule has 8 bridgehead atoms. The first kappa shape index (κ1) is 27.0. The van der Waals surface area contributed by atoms with Crippen molar-refractivity contribution in [3.63, 3.8) is 0 Å². The summed E-state index contributed by atoms with van der Waals surface area (Å²) >= 11 is 3.79. The van der Waals surface area contributed by atoms with Crippen molar-refractivity contribution in [1.29, 1.82) is 0 Å². The SMILES string of the molecule is C[Si]1(C)O[Si](C)(C)c2ccc3sc4ccc(cc4c3c2)[Si](C)(C)O[Si](C)(C)c2ccc3sc4ccc1cc4c3c2. The third-order valence-corrected chi connectivity index (χ3v) is 26.0. The van der Waals surface area contributed by atoms with Crippen molar-refractivity contribution in [1.82, 2.24) is 0 Å². The Morgan fingerprint density at radius 3 is 0.825 bits per heavy atom. The van der Waals surface area contributed by atoms with Gasteiger partial charge < -0.3 is 8.23 Å². The fourth-order valence-electron chi connectivity index (χ4n) is 6.56. The van der Waals surface area contributed by atoms with Crippen molar-refractivity contribution in [2.45, 2.75) is 52.4 Å². The van der Waals surface area contributed by atoms with Crippen LogP contribution in [0.3, 0.4) is 0 Å². The highest BCUT2D eigenvalue weighted by atomic mass is 32.1. The minimum atomic E-state index is -2.19. The second-order valence-electron chi connectivity index (χ2n) is 13.3. The molecule has 8 heteroatoms. The molecule has 2 nitrogen and oxygen atoms in total. The van der Waals surface area contributed by atoms with E-state index in [4.69, 9.17) is 8.23 Å². The zero-order valence-electron chi connectivity index (χ0n) is 24.6. The lowest BCUT2D eigenvalue weighted by molar-refractivity contribution is 0.572. The number of fused-ring (bicyclic) bond motifs is 4. The smallest absolute Gasteiger partial charge is 0.206 e. The van der Waals surface area contributed by atoms with Gasteiger partial charge in [0.15, 0.2) is 0 Å². The molecule has 0 fully saturated rings. The van der Waals surface area contributed by atoms with E-state index in [1.807, 2.05) is 22.7 Å². The number of benzene rings is 4. The molecule has 204 valence electrons. The summed E-state index contributed by atoms with van der Waals surface area (Å²) in [6.07, 6.45) is 0. The van der Waals surface area contributed by atoms with Crippen LogP contribution in [0.25, 0.3) is 40.3 Å². The molecule has 1 aliphatic heterocycles. The first-order chi connectivity index (χ1) is 18.7. The topological polar surface area (TPSA) is 18.5 Å². The molecule has 1 aliphatic rings. The van der Waals surface area contributed by atoms with E-state index in [0.29, 0.717) is 0 Å². The van der Waals surface area contributed by atoms with Gasteiger partial charge in [0.05, 0.1) is 0 Å². The highest BCUT2D eigenvalue weighted by Crippen LogP contribution is 2.36. The minimum absolute atomic E-state index is 1.35. The number of rotatable bonds is 0. The van der Waals surface area contributed by atoms with Gasteiger partial charge in [-0.1, -0.05) is 48.5 Å². The quantitative estimate of drug-likeness (QED) is 0.160. The van der Waals surface area contributed by atoms with E-state index in [9.17, 15) is 0 Å². The molecule has 0 spiro atoms. The van der Waals surface area contributed by atoms with Crippen LogP contribution in [0.2, 0.25) is 52.4 Å². The molecule has 2 aromatic heterocycles. The van der Waals surface area contributed by atoms with Crippen LogP contribution in [0.4, 0.5) is 0 Å². The van der Waals surface area contributed by atoms with Crippen molar-refractivity contribution < 1.29 is 8.23 Å². The molecule has 0 atom stereocenters. The van der Waals surface area contributed by atoms with Gasteiger partial charge in [-0.2, -0.15) is 0 Å². The van der Waals surface area contributed by atoms with Crippen molar-refractivity contribution in [3.05, 3.63) is 72.8 Å². The normalized spacial score (nSPS) is 19.6. The summed E-state index contributed by atoms with van der Waals surface area (Å²) in [5.41, 5.74) is 0. The Kier molecular flexibility index (Phi) is 5.94. The maximum absolute atomic E-state index is 7.30. The van der Waals surface area contributed by atoms with Gasteiger partial charge in [0, 0.05) is 40.3 Å². The molecule has 0 unspecified atom stereocenters. The molecule has 0 aliphatic carbocycles. The molecule has 6 aromatic rings. The Balaban J connectivity index is 1.51. The largest absolute Gasteiger partial charge is 0.449 e. The lowest BCUT2D eigenvalue weighted by Crippen LogP contribution is -2.57. The summed E-state index contributed by atoms with van der Waals surface area (Å²) in [6.45, 7) is 19.0. The Morgan fingerprint density at radius 1 is 0.375 bits per heavy atom. The second kappa shape index (κ2) is 8.81. The Bertz CT molecular complexity index is 1700. The van der Waals surface area contributed by atoms with Crippen LogP contribution in [-0.4, -0.2) is 33.3 Å². The van der Waals surface area contributed by atoms with Crippen LogP contribution < -0.4 is 20.7 Å². The first-order valence-corrected chi connectivity index (χ1v) is 27.4. The molecule has 4 aromatic carbocycles. The third kappa shape index (κ3) is 4.27. The number of thiophene rings is 2. The maximum atomic E-state index is 7.30. The maximum Gasteiger partial charge on any atom is 0.206 e. The van der Waals surface area contributed by atoms with Crippen LogP contribution >= 0.6 is 22.7 Å². The van der Waals surface area contributed by atoms with Gasteiger partial charge in [0.1, 0.15) is 0 Å².